The SMILES string of the molecule is COc1cc(SC)c(OC)cc1CNNc1ccccc1. The van der Waals surface area contributed by atoms with Gasteiger partial charge in [-0.2, -0.15) is 0 Å². The topological polar surface area (TPSA) is 42.5 Å². The van der Waals surface area contributed by atoms with Gasteiger partial charge < -0.3 is 14.9 Å². The second-order valence-electron chi connectivity index (χ2n) is 4.36. The molecule has 0 heterocycles. The lowest BCUT2D eigenvalue weighted by Gasteiger charge is -2.15. The molecule has 0 bridgehead atoms. The van der Waals surface area contributed by atoms with E-state index in [1.807, 2.05) is 48.7 Å². The molecule has 0 amide bonds. The summed E-state index contributed by atoms with van der Waals surface area (Å²) in [5, 5.41) is 0. The summed E-state index contributed by atoms with van der Waals surface area (Å²) in [4.78, 5) is 1.06. The van der Waals surface area contributed by atoms with E-state index in [9.17, 15) is 0 Å². The highest BCUT2D eigenvalue weighted by atomic mass is 32.2. The smallest absolute Gasteiger partial charge is 0.133 e. The average molecular weight is 304 g/mol. The van der Waals surface area contributed by atoms with E-state index in [2.05, 4.69) is 10.9 Å². The molecule has 112 valence electrons. The van der Waals surface area contributed by atoms with Crippen molar-refractivity contribution in [3.05, 3.63) is 48.0 Å². The molecule has 2 aromatic rings. The quantitative estimate of drug-likeness (QED) is 0.605. The summed E-state index contributed by atoms with van der Waals surface area (Å²) in [7, 11) is 3.36. The molecular weight excluding hydrogens is 284 g/mol. The largest absolute Gasteiger partial charge is 0.496 e. The summed E-state index contributed by atoms with van der Waals surface area (Å²) in [6.45, 7) is 0.628. The van der Waals surface area contributed by atoms with Gasteiger partial charge in [0.2, 0.25) is 0 Å². The zero-order valence-corrected chi connectivity index (χ0v) is 13.3. The monoisotopic (exact) mass is 304 g/mol. The Balaban J connectivity index is 2.08. The van der Waals surface area contributed by atoms with Crippen LogP contribution in [0.5, 0.6) is 11.5 Å². The number of thioether (sulfide) groups is 1. The minimum absolute atomic E-state index is 0.628. The van der Waals surface area contributed by atoms with Crippen LogP contribution in [0.4, 0.5) is 5.69 Å². The Kier molecular flexibility index (Phi) is 5.78. The lowest BCUT2D eigenvalue weighted by molar-refractivity contribution is 0.389. The summed E-state index contributed by atoms with van der Waals surface area (Å²) in [5.41, 5.74) is 8.40. The number of ether oxygens (including phenoxy) is 2. The second kappa shape index (κ2) is 7.81. The van der Waals surface area contributed by atoms with Crippen LogP contribution in [0.25, 0.3) is 0 Å². The standard InChI is InChI=1S/C16H20N2O2S/c1-19-14-10-16(21-3)15(20-2)9-12(14)11-17-18-13-7-5-4-6-8-13/h4-10,17-18H,11H2,1-3H3. The molecule has 0 atom stereocenters. The van der Waals surface area contributed by atoms with Gasteiger partial charge in [0.25, 0.3) is 0 Å². The molecule has 0 saturated carbocycles. The number of para-hydroxylation sites is 1. The molecule has 2 rings (SSSR count). The van der Waals surface area contributed by atoms with Gasteiger partial charge in [-0.3, -0.25) is 0 Å². The lowest BCUT2D eigenvalue weighted by Crippen LogP contribution is -2.21. The van der Waals surface area contributed by atoms with Crippen molar-refractivity contribution in [1.29, 1.82) is 0 Å². The molecule has 0 aliphatic carbocycles. The zero-order chi connectivity index (χ0) is 15.1. The van der Waals surface area contributed by atoms with Crippen LogP contribution in [0.2, 0.25) is 0 Å². The van der Waals surface area contributed by atoms with E-state index < -0.39 is 0 Å². The number of benzene rings is 2. The molecular formula is C16H20N2O2S. The van der Waals surface area contributed by atoms with Gasteiger partial charge in [-0.1, -0.05) is 18.2 Å². The molecule has 0 fully saturated rings. The van der Waals surface area contributed by atoms with Crippen LogP contribution in [0.3, 0.4) is 0 Å². The van der Waals surface area contributed by atoms with Crippen molar-refractivity contribution < 1.29 is 9.47 Å². The van der Waals surface area contributed by atoms with Crippen LogP contribution in [0, 0.1) is 0 Å². The van der Waals surface area contributed by atoms with Crippen molar-refractivity contribution in [1.82, 2.24) is 5.43 Å². The number of anilines is 1. The number of hydrogen-bond donors (Lipinski definition) is 2. The second-order valence-corrected chi connectivity index (χ2v) is 5.21. The maximum absolute atomic E-state index is 5.45. The van der Waals surface area contributed by atoms with Gasteiger partial charge in [-0.05, 0) is 30.5 Å². The Hall–Kier alpha value is -1.85. The Morgan fingerprint density at radius 2 is 1.71 bits per heavy atom. The zero-order valence-electron chi connectivity index (χ0n) is 12.5. The fraction of sp³-hybridized carbons (Fsp3) is 0.250. The molecule has 0 radical (unpaired) electrons. The minimum atomic E-state index is 0.628. The van der Waals surface area contributed by atoms with E-state index in [4.69, 9.17) is 9.47 Å². The summed E-state index contributed by atoms with van der Waals surface area (Å²) < 4.78 is 10.9. The Morgan fingerprint density at radius 1 is 1.00 bits per heavy atom. The van der Waals surface area contributed by atoms with Crippen molar-refractivity contribution in [2.75, 3.05) is 25.9 Å². The first-order valence-corrected chi connectivity index (χ1v) is 7.83. The number of hydrogen-bond acceptors (Lipinski definition) is 5. The Labute approximate surface area is 129 Å². The molecule has 0 aliphatic rings. The first-order valence-electron chi connectivity index (χ1n) is 6.61. The van der Waals surface area contributed by atoms with Crippen LogP contribution in [-0.2, 0) is 6.54 Å². The highest BCUT2D eigenvalue weighted by Crippen LogP contribution is 2.34. The van der Waals surface area contributed by atoms with Crippen molar-refractivity contribution >= 4 is 17.4 Å². The molecule has 0 spiro atoms. The Bertz CT molecular complexity index is 576. The van der Waals surface area contributed by atoms with Crippen LogP contribution in [-0.4, -0.2) is 20.5 Å². The minimum Gasteiger partial charge on any atom is -0.496 e. The predicted octanol–water partition coefficient (Wildman–Crippen LogP) is 3.54. The van der Waals surface area contributed by atoms with Gasteiger partial charge >= 0.3 is 0 Å². The predicted molar refractivity (Wildman–Crippen MR) is 88.2 cm³/mol. The number of hydrazine groups is 1. The van der Waals surface area contributed by atoms with Gasteiger partial charge in [0.05, 0.1) is 19.1 Å². The fourth-order valence-corrected chi connectivity index (χ4v) is 2.56. The molecule has 2 aromatic carbocycles. The third kappa shape index (κ3) is 4.06. The highest BCUT2D eigenvalue weighted by Gasteiger charge is 2.10. The van der Waals surface area contributed by atoms with Crippen LogP contribution in [0.15, 0.2) is 47.4 Å². The third-order valence-electron chi connectivity index (χ3n) is 3.07. The molecule has 0 saturated heterocycles. The average Bonchev–Trinajstić information content (AvgIpc) is 2.55. The first-order chi connectivity index (χ1) is 10.3. The maximum Gasteiger partial charge on any atom is 0.133 e. The van der Waals surface area contributed by atoms with E-state index >= 15 is 0 Å². The van der Waals surface area contributed by atoms with Gasteiger partial charge in [0.15, 0.2) is 0 Å². The van der Waals surface area contributed by atoms with Crippen molar-refractivity contribution in [2.45, 2.75) is 11.4 Å². The van der Waals surface area contributed by atoms with Crippen molar-refractivity contribution in [2.24, 2.45) is 0 Å². The van der Waals surface area contributed by atoms with Crippen molar-refractivity contribution in [3.8, 4) is 11.5 Å². The molecule has 21 heavy (non-hydrogen) atoms. The Morgan fingerprint density at radius 3 is 2.33 bits per heavy atom. The summed E-state index contributed by atoms with van der Waals surface area (Å²) >= 11 is 1.64. The third-order valence-corrected chi connectivity index (χ3v) is 3.83. The van der Waals surface area contributed by atoms with E-state index in [0.717, 1.165) is 27.6 Å². The highest BCUT2D eigenvalue weighted by molar-refractivity contribution is 7.98. The summed E-state index contributed by atoms with van der Waals surface area (Å²) in [6.07, 6.45) is 2.02. The summed E-state index contributed by atoms with van der Waals surface area (Å²) in [6, 6.07) is 14.0. The molecule has 0 unspecified atom stereocenters. The van der Waals surface area contributed by atoms with Crippen LogP contribution in [0.1, 0.15) is 5.56 Å². The molecule has 0 aliphatic heterocycles. The maximum atomic E-state index is 5.45. The fourth-order valence-electron chi connectivity index (χ4n) is 1.99. The van der Waals surface area contributed by atoms with E-state index in [-0.39, 0.29) is 0 Å². The van der Waals surface area contributed by atoms with Crippen LogP contribution >= 0.6 is 11.8 Å². The number of nitrogens with one attached hydrogen (secondary N) is 2. The lowest BCUT2D eigenvalue weighted by atomic mass is 10.2. The number of methoxy groups -OCH3 is 2. The molecule has 0 aromatic heterocycles. The van der Waals surface area contributed by atoms with Gasteiger partial charge in [0.1, 0.15) is 11.5 Å². The molecule has 2 N–H and O–H groups in total. The first kappa shape index (κ1) is 15.5. The normalized spacial score (nSPS) is 10.2. The number of rotatable bonds is 7. The van der Waals surface area contributed by atoms with Gasteiger partial charge in [-0.15, -0.1) is 11.8 Å². The van der Waals surface area contributed by atoms with E-state index in [1.54, 1.807) is 26.0 Å². The molecule has 4 nitrogen and oxygen atoms in total. The van der Waals surface area contributed by atoms with Gasteiger partial charge in [0, 0.05) is 17.8 Å². The van der Waals surface area contributed by atoms with E-state index in [1.165, 1.54) is 0 Å². The van der Waals surface area contributed by atoms with Gasteiger partial charge in [-0.25, -0.2) is 5.43 Å². The van der Waals surface area contributed by atoms with Crippen molar-refractivity contribution in [3.63, 3.8) is 0 Å². The molecule has 5 heteroatoms. The van der Waals surface area contributed by atoms with E-state index in [0.29, 0.717) is 6.54 Å². The summed E-state index contributed by atoms with van der Waals surface area (Å²) in [5.74, 6) is 1.71. The van der Waals surface area contributed by atoms with Crippen LogP contribution < -0.4 is 20.3 Å².